The van der Waals surface area contributed by atoms with Gasteiger partial charge in [-0.1, -0.05) is 29.8 Å². The number of hydrogen-bond acceptors (Lipinski definition) is 2. The van der Waals surface area contributed by atoms with Crippen LogP contribution in [0.25, 0.3) is 0 Å². The zero-order valence-electron chi connectivity index (χ0n) is 12.0. The van der Waals surface area contributed by atoms with Crippen LogP contribution in [0.1, 0.15) is 24.0 Å². The minimum atomic E-state index is 0.711. The quantitative estimate of drug-likeness (QED) is 0.906. The van der Waals surface area contributed by atoms with Crippen LogP contribution in [0.2, 0.25) is 5.02 Å². The van der Waals surface area contributed by atoms with Crippen LogP contribution in [0.5, 0.6) is 0 Å². The lowest BCUT2D eigenvalue weighted by molar-refractivity contribution is 0.687. The van der Waals surface area contributed by atoms with E-state index in [9.17, 15) is 0 Å². The molecule has 4 rings (SSSR count). The fourth-order valence-corrected chi connectivity index (χ4v) is 3.28. The van der Waals surface area contributed by atoms with Crippen molar-refractivity contribution in [2.75, 3.05) is 11.4 Å². The molecule has 2 aromatic carbocycles. The van der Waals surface area contributed by atoms with E-state index in [1.54, 1.807) is 0 Å². The lowest BCUT2D eigenvalue weighted by Crippen LogP contribution is -2.20. The molecule has 0 atom stereocenters. The first kappa shape index (κ1) is 13.2. The Kier molecular flexibility index (Phi) is 3.36. The number of anilines is 2. The molecule has 0 bridgehead atoms. The average molecular weight is 299 g/mol. The maximum absolute atomic E-state index is 6.21. The Bertz CT molecular complexity index is 664. The van der Waals surface area contributed by atoms with Crippen molar-refractivity contribution < 1.29 is 0 Å². The molecular weight excluding hydrogens is 280 g/mol. The number of para-hydroxylation sites is 1. The van der Waals surface area contributed by atoms with Gasteiger partial charge in [-0.05, 0) is 54.7 Å². The Balaban J connectivity index is 1.67. The van der Waals surface area contributed by atoms with Crippen LogP contribution >= 0.6 is 11.6 Å². The molecule has 2 aromatic rings. The smallest absolute Gasteiger partial charge is 0.0457 e. The predicted octanol–water partition coefficient (Wildman–Crippen LogP) is 4.29. The highest BCUT2D eigenvalue weighted by Crippen LogP contribution is 2.37. The van der Waals surface area contributed by atoms with Crippen molar-refractivity contribution in [2.24, 2.45) is 0 Å². The van der Waals surface area contributed by atoms with E-state index in [0.29, 0.717) is 6.04 Å². The van der Waals surface area contributed by atoms with E-state index in [2.05, 4.69) is 46.6 Å². The second-order valence-electron chi connectivity index (χ2n) is 5.96. The zero-order valence-corrected chi connectivity index (χ0v) is 12.7. The van der Waals surface area contributed by atoms with Gasteiger partial charge in [0.25, 0.3) is 0 Å². The van der Waals surface area contributed by atoms with E-state index in [0.717, 1.165) is 24.5 Å². The number of nitrogens with one attached hydrogen (secondary N) is 1. The van der Waals surface area contributed by atoms with Gasteiger partial charge in [0.2, 0.25) is 0 Å². The molecule has 3 heteroatoms. The normalized spacial score (nSPS) is 17.1. The number of hydrogen-bond donors (Lipinski definition) is 1. The van der Waals surface area contributed by atoms with Gasteiger partial charge in [0.05, 0.1) is 0 Å². The van der Waals surface area contributed by atoms with Gasteiger partial charge in [0.15, 0.2) is 0 Å². The second-order valence-corrected chi connectivity index (χ2v) is 6.39. The van der Waals surface area contributed by atoms with Crippen molar-refractivity contribution in [3.63, 3.8) is 0 Å². The number of rotatable bonds is 4. The fraction of sp³-hybridized carbons (Fsp3) is 0.333. The molecule has 1 N–H and O–H groups in total. The molecule has 0 saturated heterocycles. The SMILES string of the molecule is Clc1ccc(N2CCc3ccccc32)c(CNC2CC2)c1. The predicted molar refractivity (Wildman–Crippen MR) is 88.5 cm³/mol. The van der Waals surface area contributed by atoms with Crippen molar-refractivity contribution in [1.82, 2.24) is 5.32 Å². The van der Waals surface area contributed by atoms with Gasteiger partial charge in [-0.15, -0.1) is 0 Å². The molecule has 0 amide bonds. The summed E-state index contributed by atoms with van der Waals surface area (Å²) in [4.78, 5) is 2.43. The highest BCUT2D eigenvalue weighted by atomic mass is 35.5. The second kappa shape index (κ2) is 5.36. The van der Waals surface area contributed by atoms with Gasteiger partial charge in [-0.3, -0.25) is 0 Å². The number of fused-ring (bicyclic) bond motifs is 1. The average Bonchev–Trinajstić information content (AvgIpc) is 3.24. The lowest BCUT2D eigenvalue weighted by Gasteiger charge is -2.23. The van der Waals surface area contributed by atoms with E-state index in [1.807, 2.05) is 6.07 Å². The molecule has 1 aliphatic carbocycles. The molecule has 0 unspecified atom stereocenters. The summed E-state index contributed by atoms with van der Waals surface area (Å²) in [5.74, 6) is 0. The number of nitrogens with zero attached hydrogens (tertiary/aromatic N) is 1. The van der Waals surface area contributed by atoms with Gasteiger partial charge < -0.3 is 10.2 Å². The maximum Gasteiger partial charge on any atom is 0.0457 e. The van der Waals surface area contributed by atoms with Crippen molar-refractivity contribution in [2.45, 2.75) is 31.8 Å². The summed E-state index contributed by atoms with van der Waals surface area (Å²) in [5, 5.41) is 4.42. The summed E-state index contributed by atoms with van der Waals surface area (Å²) in [6.07, 6.45) is 3.74. The summed E-state index contributed by atoms with van der Waals surface area (Å²) < 4.78 is 0. The standard InChI is InChI=1S/C18H19ClN2/c19-15-5-8-18(14(11-15)12-20-16-6-7-16)21-10-9-13-3-1-2-4-17(13)21/h1-5,8,11,16,20H,6-7,9-10,12H2. The van der Waals surface area contributed by atoms with Crippen LogP contribution in [0.3, 0.4) is 0 Å². The molecule has 1 heterocycles. The third-order valence-corrected chi connectivity index (χ3v) is 4.61. The van der Waals surface area contributed by atoms with E-state index in [4.69, 9.17) is 11.6 Å². The Labute approximate surface area is 130 Å². The fourth-order valence-electron chi connectivity index (χ4n) is 3.09. The zero-order chi connectivity index (χ0) is 14.2. The Morgan fingerprint density at radius 2 is 1.95 bits per heavy atom. The summed E-state index contributed by atoms with van der Waals surface area (Å²) >= 11 is 6.21. The molecule has 108 valence electrons. The molecule has 2 nitrogen and oxygen atoms in total. The van der Waals surface area contributed by atoms with E-state index in [-0.39, 0.29) is 0 Å². The molecule has 0 radical (unpaired) electrons. The first-order chi connectivity index (χ1) is 10.3. The van der Waals surface area contributed by atoms with Crippen LogP contribution in [-0.2, 0) is 13.0 Å². The maximum atomic E-state index is 6.21. The summed E-state index contributed by atoms with van der Waals surface area (Å²) in [5.41, 5.74) is 5.37. The molecule has 1 aliphatic heterocycles. The van der Waals surface area contributed by atoms with Crippen molar-refractivity contribution >= 4 is 23.0 Å². The molecular formula is C18H19ClN2. The van der Waals surface area contributed by atoms with Crippen LogP contribution in [0.4, 0.5) is 11.4 Å². The Hall–Kier alpha value is -1.51. The minimum Gasteiger partial charge on any atom is -0.341 e. The summed E-state index contributed by atoms with van der Waals surface area (Å²) in [6.45, 7) is 1.95. The molecule has 0 spiro atoms. The van der Waals surface area contributed by atoms with Crippen LogP contribution in [-0.4, -0.2) is 12.6 Å². The van der Waals surface area contributed by atoms with Gasteiger partial charge in [-0.2, -0.15) is 0 Å². The third-order valence-electron chi connectivity index (χ3n) is 4.38. The third kappa shape index (κ3) is 2.66. The molecule has 2 aliphatic rings. The molecule has 1 saturated carbocycles. The van der Waals surface area contributed by atoms with Crippen molar-refractivity contribution in [3.05, 3.63) is 58.6 Å². The Morgan fingerprint density at radius 1 is 1.10 bits per heavy atom. The minimum absolute atomic E-state index is 0.711. The molecule has 21 heavy (non-hydrogen) atoms. The van der Waals surface area contributed by atoms with Crippen LogP contribution in [0.15, 0.2) is 42.5 Å². The van der Waals surface area contributed by atoms with Gasteiger partial charge in [-0.25, -0.2) is 0 Å². The van der Waals surface area contributed by atoms with E-state index < -0.39 is 0 Å². The van der Waals surface area contributed by atoms with Gasteiger partial charge >= 0.3 is 0 Å². The first-order valence-electron chi connectivity index (χ1n) is 7.68. The highest BCUT2D eigenvalue weighted by Gasteiger charge is 2.24. The largest absolute Gasteiger partial charge is 0.341 e. The van der Waals surface area contributed by atoms with E-state index in [1.165, 1.54) is 35.3 Å². The van der Waals surface area contributed by atoms with Crippen LogP contribution < -0.4 is 10.2 Å². The first-order valence-corrected chi connectivity index (χ1v) is 8.06. The van der Waals surface area contributed by atoms with Gasteiger partial charge in [0, 0.05) is 35.5 Å². The van der Waals surface area contributed by atoms with Crippen LogP contribution in [0, 0.1) is 0 Å². The Morgan fingerprint density at radius 3 is 2.81 bits per heavy atom. The molecule has 1 fully saturated rings. The number of benzene rings is 2. The lowest BCUT2D eigenvalue weighted by atomic mass is 10.1. The summed E-state index contributed by atoms with van der Waals surface area (Å²) in [6, 6.07) is 15.7. The topological polar surface area (TPSA) is 15.3 Å². The van der Waals surface area contributed by atoms with Crippen molar-refractivity contribution in [1.29, 1.82) is 0 Å². The highest BCUT2D eigenvalue weighted by molar-refractivity contribution is 6.30. The molecule has 0 aromatic heterocycles. The number of halogens is 1. The monoisotopic (exact) mass is 298 g/mol. The van der Waals surface area contributed by atoms with E-state index >= 15 is 0 Å². The van der Waals surface area contributed by atoms with Gasteiger partial charge in [0.1, 0.15) is 0 Å². The summed E-state index contributed by atoms with van der Waals surface area (Å²) in [7, 11) is 0. The van der Waals surface area contributed by atoms with Crippen molar-refractivity contribution in [3.8, 4) is 0 Å².